The van der Waals surface area contributed by atoms with E-state index >= 15 is 0 Å². The van der Waals surface area contributed by atoms with Crippen LogP contribution >= 0.6 is 11.8 Å². The van der Waals surface area contributed by atoms with Crippen molar-refractivity contribution in [2.45, 2.75) is 31.4 Å². The van der Waals surface area contributed by atoms with Crippen molar-refractivity contribution in [2.24, 2.45) is 11.7 Å². The molecular weight excluding hydrogens is 322 g/mol. The molecule has 1 aromatic rings. The van der Waals surface area contributed by atoms with Gasteiger partial charge in [0.2, 0.25) is 11.8 Å². The van der Waals surface area contributed by atoms with Crippen LogP contribution in [0, 0.1) is 5.92 Å². The van der Waals surface area contributed by atoms with Gasteiger partial charge >= 0.3 is 0 Å². The van der Waals surface area contributed by atoms with Crippen molar-refractivity contribution < 1.29 is 9.59 Å². The van der Waals surface area contributed by atoms with Gasteiger partial charge in [-0.15, -0.1) is 0 Å². The number of carbonyl (C=O) groups is 2. The first-order valence-electron chi connectivity index (χ1n) is 8.44. The van der Waals surface area contributed by atoms with Gasteiger partial charge in [0, 0.05) is 18.2 Å². The van der Waals surface area contributed by atoms with E-state index in [1.807, 2.05) is 25.3 Å². The minimum absolute atomic E-state index is 0.0348. The zero-order chi connectivity index (χ0) is 17.5. The summed E-state index contributed by atoms with van der Waals surface area (Å²) in [6, 6.07) is 8.05. The summed E-state index contributed by atoms with van der Waals surface area (Å²) in [7, 11) is 0. The topological polar surface area (TPSA) is 75.4 Å². The van der Waals surface area contributed by atoms with E-state index in [-0.39, 0.29) is 23.0 Å². The van der Waals surface area contributed by atoms with Crippen molar-refractivity contribution in [3.05, 3.63) is 29.8 Å². The Balaban J connectivity index is 1.76. The Kier molecular flexibility index (Phi) is 7.12. The van der Waals surface area contributed by atoms with Crippen LogP contribution in [0.2, 0.25) is 0 Å². The Morgan fingerprint density at radius 3 is 2.46 bits per heavy atom. The lowest BCUT2D eigenvalue weighted by Crippen LogP contribution is -2.39. The van der Waals surface area contributed by atoms with Gasteiger partial charge in [-0.1, -0.05) is 12.1 Å². The Morgan fingerprint density at radius 1 is 1.29 bits per heavy atom. The molecule has 1 saturated heterocycles. The molecule has 0 unspecified atom stereocenters. The molecule has 0 saturated carbocycles. The van der Waals surface area contributed by atoms with Gasteiger partial charge in [-0.05, 0) is 63.2 Å². The number of primary amides is 1. The highest BCUT2D eigenvalue weighted by Gasteiger charge is 2.22. The lowest BCUT2D eigenvalue weighted by atomic mass is 9.96. The summed E-state index contributed by atoms with van der Waals surface area (Å²) in [5.74, 6) is -0.0801. The second-order valence-corrected chi connectivity index (χ2v) is 7.51. The lowest BCUT2D eigenvalue weighted by Gasteiger charge is -2.30. The van der Waals surface area contributed by atoms with Crippen molar-refractivity contribution >= 4 is 29.3 Å². The number of hydrogen-bond donors (Lipinski definition) is 2. The van der Waals surface area contributed by atoms with Crippen molar-refractivity contribution in [1.29, 1.82) is 0 Å². The highest BCUT2D eigenvalue weighted by atomic mass is 32.2. The van der Waals surface area contributed by atoms with E-state index in [9.17, 15) is 9.59 Å². The molecule has 1 atom stereocenters. The number of nitrogens with two attached hydrogens (primary N) is 1. The van der Waals surface area contributed by atoms with Gasteiger partial charge in [-0.3, -0.25) is 9.59 Å². The maximum atomic E-state index is 11.9. The van der Waals surface area contributed by atoms with Gasteiger partial charge in [0.25, 0.3) is 0 Å². The minimum atomic E-state index is -0.164. The van der Waals surface area contributed by atoms with Gasteiger partial charge in [0.15, 0.2) is 0 Å². The molecule has 24 heavy (non-hydrogen) atoms. The van der Waals surface area contributed by atoms with E-state index in [0.717, 1.165) is 44.6 Å². The molecule has 3 N–H and O–H groups in total. The molecule has 2 rings (SSSR count). The molecule has 0 bridgehead atoms. The molecular formula is C18H27N3O2S. The minimum Gasteiger partial charge on any atom is -0.369 e. The largest absolute Gasteiger partial charge is 0.369 e. The van der Waals surface area contributed by atoms with Crippen LogP contribution in [0.3, 0.4) is 0 Å². The van der Waals surface area contributed by atoms with Crippen LogP contribution in [-0.4, -0.2) is 47.9 Å². The Morgan fingerprint density at radius 2 is 1.92 bits per heavy atom. The van der Waals surface area contributed by atoms with Crippen LogP contribution < -0.4 is 11.1 Å². The summed E-state index contributed by atoms with van der Waals surface area (Å²) in [4.78, 5) is 25.4. The molecule has 6 heteroatoms. The Bertz CT molecular complexity index is 554. The molecule has 1 aliphatic heterocycles. The molecule has 1 heterocycles. The fraction of sp³-hybridized carbons (Fsp3) is 0.556. The summed E-state index contributed by atoms with van der Waals surface area (Å²) in [5, 5.41) is 2.88. The maximum Gasteiger partial charge on any atom is 0.237 e. The number of thioether (sulfide) groups is 1. The number of amides is 2. The molecule has 1 aromatic carbocycles. The zero-order valence-electron chi connectivity index (χ0n) is 14.5. The standard InChI is InChI=1S/C18H27N3O2S/c1-13(24-2)18(23)20-16-5-3-14(4-6-16)7-10-21-11-8-15(9-12-21)17(19)22/h3-6,13,15H,7-12H2,1-2H3,(H2,19,22)(H,20,23)/t13-/m1/s1. The van der Waals surface area contributed by atoms with Gasteiger partial charge < -0.3 is 16.0 Å². The number of benzene rings is 1. The zero-order valence-corrected chi connectivity index (χ0v) is 15.3. The molecule has 132 valence electrons. The van der Waals surface area contributed by atoms with E-state index in [1.54, 1.807) is 0 Å². The first-order chi connectivity index (χ1) is 11.5. The molecule has 0 spiro atoms. The molecule has 0 aliphatic carbocycles. The van der Waals surface area contributed by atoms with Gasteiger partial charge in [0.1, 0.15) is 0 Å². The fourth-order valence-electron chi connectivity index (χ4n) is 2.83. The highest BCUT2D eigenvalue weighted by Crippen LogP contribution is 2.18. The van der Waals surface area contributed by atoms with Crippen LogP contribution in [-0.2, 0) is 16.0 Å². The summed E-state index contributed by atoms with van der Waals surface area (Å²) < 4.78 is 0. The quantitative estimate of drug-likeness (QED) is 0.791. The van der Waals surface area contributed by atoms with Gasteiger partial charge in [0.05, 0.1) is 5.25 Å². The number of nitrogens with zero attached hydrogens (tertiary/aromatic N) is 1. The van der Waals surface area contributed by atoms with E-state index in [4.69, 9.17) is 5.73 Å². The van der Waals surface area contributed by atoms with Gasteiger partial charge in [-0.2, -0.15) is 11.8 Å². The predicted molar refractivity (Wildman–Crippen MR) is 100 cm³/mol. The molecule has 0 radical (unpaired) electrons. The van der Waals surface area contributed by atoms with Crippen molar-refractivity contribution in [3.63, 3.8) is 0 Å². The van der Waals surface area contributed by atoms with Gasteiger partial charge in [-0.25, -0.2) is 0 Å². The third-order valence-electron chi connectivity index (χ3n) is 4.65. The second kappa shape index (κ2) is 9.08. The molecule has 2 amide bonds. The third-order valence-corrected chi connectivity index (χ3v) is 5.57. The number of piperidine rings is 1. The van der Waals surface area contributed by atoms with Crippen LogP contribution in [0.5, 0.6) is 0 Å². The smallest absolute Gasteiger partial charge is 0.237 e. The number of anilines is 1. The molecule has 0 aromatic heterocycles. The summed E-state index contributed by atoms with van der Waals surface area (Å²) in [5.41, 5.74) is 7.46. The Labute approximate surface area is 148 Å². The SMILES string of the molecule is CS[C@H](C)C(=O)Nc1ccc(CCN2CCC(C(N)=O)CC2)cc1. The summed E-state index contributed by atoms with van der Waals surface area (Å²) in [6.45, 7) is 4.76. The van der Waals surface area contributed by atoms with E-state index < -0.39 is 0 Å². The fourth-order valence-corrected chi connectivity index (χ4v) is 3.11. The molecule has 1 aliphatic rings. The number of rotatable bonds is 7. The monoisotopic (exact) mass is 349 g/mol. The van der Waals surface area contributed by atoms with E-state index in [2.05, 4.69) is 22.3 Å². The number of nitrogens with one attached hydrogen (secondary N) is 1. The highest BCUT2D eigenvalue weighted by molar-refractivity contribution is 7.99. The van der Waals surface area contributed by atoms with E-state index in [1.165, 1.54) is 17.3 Å². The average molecular weight is 350 g/mol. The Hall–Kier alpha value is -1.53. The average Bonchev–Trinajstić information content (AvgIpc) is 2.60. The first kappa shape index (κ1) is 18.8. The van der Waals surface area contributed by atoms with E-state index in [0.29, 0.717) is 0 Å². The predicted octanol–water partition coefficient (Wildman–Crippen LogP) is 2.12. The third kappa shape index (κ3) is 5.53. The molecule has 5 nitrogen and oxygen atoms in total. The van der Waals surface area contributed by atoms with Crippen molar-refractivity contribution in [1.82, 2.24) is 4.90 Å². The van der Waals surface area contributed by atoms with Crippen LogP contribution in [0.15, 0.2) is 24.3 Å². The number of carbonyl (C=O) groups excluding carboxylic acids is 2. The lowest BCUT2D eigenvalue weighted by molar-refractivity contribution is -0.123. The van der Waals surface area contributed by atoms with Crippen LogP contribution in [0.4, 0.5) is 5.69 Å². The van der Waals surface area contributed by atoms with Crippen LogP contribution in [0.1, 0.15) is 25.3 Å². The van der Waals surface area contributed by atoms with Crippen LogP contribution in [0.25, 0.3) is 0 Å². The summed E-state index contributed by atoms with van der Waals surface area (Å²) in [6.07, 6.45) is 4.64. The second-order valence-electron chi connectivity index (χ2n) is 6.33. The first-order valence-corrected chi connectivity index (χ1v) is 9.72. The number of hydrogen-bond acceptors (Lipinski definition) is 4. The molecule has 1 fully saturated rings. The maximum absolute atomic E-state index is 11.9. The summed E-state index contributed by atoms with van der Waals surface area (Å²) >= 11 is 1.53. The van der Waals surface area contributed by atoms with Crippen molar-refractivity contribution in [2.75, 3.05) is 31.2 Å². The normalized spacial score (nSPS) is 17.4. The van der Waals surface area contributed by atoms with Crippen molar-refractivity contribution in [3.8, 4) is 0 Å². The number of likely N-dealkylation sites (tertiary alicyclic amines) is 1.